The topological polar surface area (TPSA) is 72.2 Å². The van der Waals surface area contributed by atoms with Crippen LogP contribution in [0, 0.1) is 17.5 Å². The Bertz CT molecular complexity index is 812. The third-order valence-corrected chi connectivity index (χ3v) is 4.56. The highest BCUT2D eigenvalue weighted by molar-refractivity contribution is 9.10. The van der Waals surface area contributed by atoms with Crippen LogP contribution >= 0.6 is 15.9 Å². The van der Waals surface area contributed by atoms with E-state index in [1.165, 1.54) is 0 Å². The van der Waals surface area contributed by atoms with Crippen molar-refractivity contribution in [1.29, 1.82) is 0 Å². The van der Waals surface area contributed by atoms with Gasteiger partial charge >= 0.3 is 0 Å². The number of rotatable bonds is 3. The molecule has 0 saturated carbocycles. The summed E-state index contributed by atoms with van der Waals surface area (Å²) in [4.78, 5) is -0.804. The fourth-order valence-corrected chi connectivity index (χ4v) is 3.05. The summed E-state index contributed by atoms with van der Waals surface area (Å²) < 4.78 is 66.0. The van der Waals surface area contributed by atoms with Crippen LogP contribution < -0.4 is 10.5 Å². The maximum atomic E-state index is 13.8. The van der Waals surface area contributed by atoms with Gasteiger partial charge in [0, 0.05) is 0 Å². The van der Waals surface area contributed by atoms with Crippen LogP contribution in [0.1, 0.15) is 0 Å². The van der Waals surface area contributed by atoms with Crippen LogP contribution in [0.3, 0.4) is 0 Å². The molecule has 0 atom stereocenters. The summed E-state index contributed by atoms with van der Waals surface area (Å²) in [7, 11) is -4.33. The molecule has 2 aromatic carbocycles. The Labute approximate surface area is 127 Å². The third kappa shape index (κ3) is 3.13. The second kappa shape index (κ2) is 5.57. The number of anilines is 2. The Morgan fingerprint density at radius 2 is 1.67 bits per heavy atom. The van der Waals surface area contributed by atoms with Crippen LogP contribution in [-0.2, 0) is 10.0 Å². The van der Waals surface area contributed by atoms with Gasteiger partial charge in [-0.1, -0.05) is 0 Å². The van der Waals surface area contributed by atoms with Crippen LogP contribution in [0.5, 0.6) is 0 Å². The highest BCUT2D eigenvalue weighted by Gasteiger charge is 2.23. The zero-order chi connectivity index (χ0) is 15.8. The second-order valence-electron chi connectivity index (χ2n) is 4.01. The van der Waals surface area contributed by atoms with Crippen molar-refractivity contribution in [3.63, 3.8) is 0 Å². The van der Waals surface area contributed by atoms with E-state index in [-0.39, 0.29) is 10.2 Å². The summed E-state index contributed by atoms with van der Waals surface area (Å²) in [6.07, 6.45) is 0. The van der Waals surface area contributed by atoms with Crippen LogP contribution in [0.15, 0.2) is 39.7 Å². The summed E-state index contributed by atoms with van der Waals surface area (Å²) in [5, 5.41) is 0. The molecular weight excluding hydrogens is 373 g/mol. The van der Waals surface area contributed by atoms with Crippen molar-refractivity contribution in [1.82, 2.24) is 0 Å². The second-order valence-corrected chi connectivity index (χ2v) is 6.51. The molecule has 0 aliphatic carbocycles. The fraction of sp³-hybridized carbons (Fsp3) is 0. The molecule has 0 unspecified atom stereocenters. The van der Waals surface area contributed by atoms with Gasteiger partial charge in [-0.3, -0.25) is 4.72 Å². The predicted octanol–water partition coefficient (Wildman–Crippen LogP) is 3.25. The van der Waals surface area contributed by atoms with Crippen LogP contribution in [0.4, 0.5) is 24.5 Å². The average Bonchev–Trinajstić information content (AvgIpc) is 2.39. The molecule has 0 aliphatic heterocycles. The molecule has 0 aliphatic rings. The molecule has 2 rings (SSSR count). The van der Waals surface area contributed by atoms with Gasteiger partial charge < -0.3 is 5.73 Å². The van der Waals surface area contributed by atoms with Gasteiger partial charge in [0.15, 0.2) is 5.82 Å². The average molecular weight is 381 g/mol. The molecule has 0 aromatic heterocycles. The molecule has 9 heteroatoms. The van der Waals surface area contributed by atoms with Crippen molar-refractivity contribution in [2.75, 3.05) is 10.5 Å². The van der Waals surface area contributed by atoms with Gasteiger partial charge in [-0.25, -0.2) is 21.6 Å². The van der Waals surface area contributed by atoms with Gasteiger partial charge in [0.05, 0.1) is 10.2 Å². The molecule has 2 aromatic rings. The monoisotopic (exact) mass is 380 g/mol. The highest BCUT2D eigenvalue weighted by atomic mass is 79.9. The van der Waals surface area contributed by atoms with E-state index in [1.807, 2.05) is 4.72 Å². The lowest BCUT2D eigenvalue weighted by atomic mass is 10.3. The molecule has 112 valence electrons. The SMILES string of the molecule is Nc1c(F)ccc(S(=O)(=O)Nc2ccc(F)c(Br)c2)c1F. The van der Waals surface area contributed by atoms with Crippen molar-refractivity contribution < 1.29 is 21.6 Å². The minimum Gasteiger partial charge on any atom is -0.394 e. The van der Waals surface area contributed by atoms with Crippen molar-refractivity contribution in [3.8, 4) is 0 Å². The molecule has 0 heterocycles. The Morgan fingerprint density at radius 3 is 2.29 bits per heavy atom. The number of nitrogen functional groups attached to an aromatic ring is 1. The van der Waals surface area contributed by atoms with Gasteiger partial charge in [0.1, 0.15) is 22.2 Å². The van der Waals surface area contributed by atoms with Crippen molar-refractivity contribution >= 4 is 37.3 Å². The van der Waals surface area contributed by atoms with Crippen molar-refractivity contribution in [2.45, 2.75) is 4.90 Å². The van der Waals surface area contributed by atoms with E-state index in [0.29, 0.717) is 0 Å². The minimum absolute atomic E-state index is 0.00516. The van der Waals surface area contributed by atoms with Gasteiger partial charge in [-0.15, -0.1) is 0 Å². The molecule has 0 amide bonds. The third-order valence-electron chi connectivity index (χ3n) is 2.55. The summed E-state index contributed by atoms with van der Waals surface area (Å²) in [5.74, 6) is -3.03. The molecule has 21 heavy (non-hydrogen) atoms. The van der Waals surface area contributed by atoms with Crippen LogP contribution in [0.25, 0.3) is 0 Å². The Hall–Kier alpha value is -1.74. The lowest BCUT2D eigenvalue weighted by Crippen LogP contribution is -2.16. The van der Waals surface area contributed by atoms with E-state index >= 15 is 0 Å². The molecule has 0 saturated heterocycles. The van der Waals surface area contributed by atoms with Gasteiger partial charge in [-0.05, 0) is 46.3 Å². The highest BCUT2D eigenvalue weighted by Crippen LogP contribution is 2.26. The zero-order valence-electron chi connectivity index (χ0n) is 10.2. The van der Waals surface area contributed by atoms with E-state index in [1.54, 1.807) is 0 Å². The first-order chi connectivity index (χ1) is 9.72. The van der Waals surface area contributed by atoms with E-state index in [0.717, 1.165) is 30.3 Å². The summed E-state index contributed by atoms with van der Waals surface area (Å²) >= 11 is 2.89. The van der Waals surface area contributed by atoms with Crippen LogP contribution in [0.2, 0.25) is 0 Å². The lowest BCUT2D eigenvalue weighted by Gasteiger charge is -2.10. The van der Waals surface area contributed by atoms with Crippen molar-refractivity contribution in [2.24, 2.45) is 0 Å². The quantitative estimate of drug-likeness (QED) is 0.802. The van der Waals surface area contributed by atoms with Gasteiger partial charge in [0.25, 0.3) is 10.0 Å². The van der Waals surface area contributed by atoms with E-state index in [9.17, 15) is 21.6 Å². The van der Waals surface area contributed by atoms with E-state index < -0.39 is 38.1 Å². The largest absolute Gasteiger partial charge is 0.394 e. The lowest BCUT2D eigenvalue weighted by molar-refractivity contribution is 0.557. The number of nitrogens with two attached hydrogens (primary N) is 1. The normalized spacial score (nSPS) is 11.4. The van der Waals surface area contributed by atoms with Gasteiger partial charge in [0.2, 0.25) is 0 Å². The number of benzene rings is 2. The van der Waals surface area contributed by atoms with E-state index in [2.05, 4.69) is 15.9 Å². The first-order valence-electron chi connectivity index (χ1n) is 5.43. The number of hydrogen-bond donors (Lipinski definition) is 2. The summed E-state index contributed by atoms with van der Waals surface area (Å²) in [6, 6.07) is 4.84. The van der Waals surface area contributed by atoms with Crippen molar-refractivity contribution in [3.05, 3.63) is 52.3 Å². The summed E-state index contributed by atoms with van der Waals surface area (Å²) in [6.45, 7) is 0. The standard InChI is InChI=1S/C12H8BrF3N2O2S/c13-7-5-6(1-2-8(7)14)18-21(19,20)10-4-3-9(15)12(17)11(10)16/h1-5,18H,17H2. The Kier molecular flexibility index (Phi) is 4.15. The van der Waals surface area contributed by atoms with Gasteiger partial charge in [-0.2, -0.15) is 0 Å². The number of sulfonamides is 1. The predicted molar refractivity (Wildman–Crippen MR) is 75.7 cm³/mol. The smallest absolute Gasteiger partial charge is 0.264 e. The zero-order valence-corrected chi connectivity index (χ0v) is 12.6. The molecule has 0 bridgehead atoms. The molecule has 4 nitrogen and oxygen atoms in total. The van der Waals surface area contributed by atoms with E-state index in [4.69, 9.17) is 5.73 Å². The molecule has 0 fully saturated rings. The number of nitrogens with one attached hydrogen (secondary N) is 1. The molecule has 0 spiro atoms. The Morgan fingerprint density at radius 1 is 1.05 bits per heavy atom. The molecule has 0 radical (unpaired) electrons. The maximum Gasteiger partial charge on any atom is 0.264 e. The molecule has 3 N–H and O–H groups in total. The molecular formula is C12H8BrF3N2O2S. The first-order valence-corrected chi connectivity index (χ1v) is 7.71. The minimum atomic E-state index is -4.33. The number of halogens is 4. The Balaban J connectivity index is 2.43. The number of hydrogen-bond acceptors (Lipinski definition) is 3. The summed E-state index contributed by atoms with van der Waals surface area (Å²) in [5.41, 5.74) is 4.23. The fourth-order valence-electron chi connectivity index (χ4n) is 1.53. The van der Waals surface area contributed by atoms with Crippen LogP contribution in [-0.4, -0.2) is 8.42 Å². The first kappa shape index (κ1) is 15.6. The maximum absolute atomic E-state index is 13.8.